The summed E-state index contributed by atoms with van der Waals surface area (Å²) in [6.07, 6.45) is 17.7. The van der Waals surface area contributed by atoms with Gasteiger partial charge in [-0.3, -0.25) is 0 Å². The Labute approximate surface area is 211 Å². The maximum Gasteiger partial charge on any atom is 1.00 e. The number of aliphatic hydroxyl groups is 1. The minimum absolute atomic E-state index is 0. The van der Waals surface area contributed by atoms with Crippen LogP contribution in [0.25, 0.3) is 0 Å². The first kappa shape index (κ1) is 30.7. The molecule has 0 aromatic rings. The van der Waals surface area contributed by atoms with Crippen molar-refractivity contribution in [3.8, 4) is 0 Å². The van der Waals surface area contributed by atoms with Gasteiger partial charge >= 0.3 is 51.4 Å². The van der Waals surface area contributed by atoms with Crippen LogP contribution in [0.5, 0.6) is 0 Å². The first-order valence-corrected chi connectivity index (χ1v) is 12.5. The molecule has 0 aliphatic rings. The molecule has 0 bridgehead atoms. The van der Waals surface area contributed by atoms with Crippen molar-refractivity contribution in [1.29, 1.82) is 0 Å². The number of hydrogen-bond donors (Lipinski definition) is 1. The second-order valence-electron chi connectivity index (χ2n) is 7.77. The third-order valence-corrected chi connectivity index (χ3v) is 6.52. The van der Waals surface area contributed by atoms with Crippen molar-refractivity contribution in [3.63, 3.8) is 0 Å². The number of rotatable bonds is 19. The van der Waals surface area contributed by atoms with Gasteiger partial charge in [0.2, 0.25) is 0 Å². The second kappa shape index (κ2) is 20.8. The monoisotopic (exact) mass is 430 g/mol. The van der Waals surface area contributed by atoms with E-state index in [0.29, 0.717) is 25.7 Å². The predicted octanol–water partition coefficient (Wildman–Crippen LogP) is 2.94. The van der Waals surface area contributed by atoms with Crippen LogP contribution in [0.3, 0.4) is 0 Å². The zero-order chi connectivity index (χ0) is 19.7. The number of hydrogen-bond acceptors (Lipinski definition) is 4. The van der Waals surface area contributed by atoms with Gasteiger partial charge in [-0.1, -0.05) is 110 Å². The fourth-order valence-electron chi connectivity index (χ4n) is 3.55. The Kier molecular flexibility index (Phi) is 23.6. The standard InChI is InChI=1S/C21H44O4S.K/c1-3-5-6-7-8-9-10-11-12-13-14-15-16-17-19-21(26(23,24)25)20(22)18-4-2;/h20-22H,3-19H2,1-2H3,(H,23,24,25);/q;+1/p-1. The van der Waals surface area contributed by atoms with Crippen LogP contribution in [-0.4, -0.2) is 29.4 Å². The molecule has 0 saturated heterocycles. The molecular formula is C21H43KO4S. The predicted molar refractivity (Wildman–Crippen MR) is 109 cm³/mol. The minimum Gasteiger partial charge on any atom is -0.748 e. The molecule has 2 unspecified atom stereocenters. The maximum atomic E-state index is 11.3. The van der Waals surface area contributed by atoms with Gasteiger partial charge in [0.05, 0.1) is 11.4 Å². The van der Waals surface area contributed by atoms with Crippen LogP contribution in [-0.2, 0) is 10.1 Å². The zero-order valence-electron chi connectivity index (χ0n) is 18.3. The van der Waals surface area contributed by atoms with E-state index in [2.05, 4.69) is 6.92 Å². The number of aliphatic hydroxyl groups excluding tert-OH is 1. The molecule has 0 rings (SSSR count). The van der Waals surface area contributed by atoms with Gasteiger partial charge in [0, 0.05) is 0 Å². The summed E-state index contributed by atoms with van der Waals surface area (Å²) in [4.78, 5) is 0. The van der Waals surface area contributed by atoms with Gasteiger partial charge in [0.25, 0.3) is 0 Å². The molecule has 0 saturated carbocycles. The number of unbranched alkanes of at least 4 members (excludes halogenated alkanes) is 13. The Morgan fingerprint density at radius 1 is 0.667 bits per heavy atom. The fourth-order valence-corrected chi connectivity index (χ4v) is 4.53. The van der Waals surface area contributed by atoms with Gasteiger partial charge in [-0.2, -0.15) is 0 Å². The van der Waals surface area contributed by atoms with Crippen LogP contribution in [0.4, 0.5) is 0 Å². The van der Waals surface area contributed by atoms with Crippen molar-refractivity contribution in [1.82, 2.24) is 0 Å². The topological polar surface area (TPSA) is 77.4 Å². The van der Waals surface area contributed by atoms with Crippen LogP contribution in [0, 0.1) is 0 Å². The molecule has 158 valence electrons. The SMILES string of the molecule is CCCCCCCCCCCCCCCCC(C(O)CCC)S(=O)(=O)[O-].[K+]. The smallest absolute Gasteiger partial charge is 0.748 e. The van der Waals surface area contributed by atoms with Crippen molar-refractivity contribution in [2.45, 2.75) is 134 Å². The zero-order valence-corrected chi connectivity index (χ0v) is 22.2. The van der Waals surface area contributed by atoms with E-state index in [0.717, 1.165) is 12.8 Å². The van der Waals surface area contributed by atoms with E-state index in [1.54, 1.807) is 0 Å². The van der Waals surface area contributed by atoms with Crippen molar-refractivity contribution in [2.24, 2.45) is 0 Å². The van der Waals surface area contributed by atoms with Gasteiger partial charge in [0.15, 0.2) is 0 Å². The van der Waals surface area contributed by atoms with E-state index in [1.165, 1.54) is 70.6 Å². The van der Waals surface area contributed by atoms with Crippen LogP contribution >= 0.6 is 0 Å². The van der Waals surface area contributed by atoms with Crippen molar-refractivity contribution in [2.75, 3.05) is 0 Å². The summed E-state index contributed by atoms with van der Waals surface area (Å²) in [6, 6.07) is 0. The molecule has 0 aromatic heterocycles. The van der Waals surface area contributed by atoms with Gasteiger partial charge in [-0.05, 0) is 12.8 Å². The van der Waals surface area contributed by atoms with Crippen LogP contribution in [0.1, 0.15) is 123 Å². The Hall–Kier alpha value is 1.51. The van der Waals surface area contributed by atoms with Gasteiger partial charge < -0.3 is 9.66 Å². The third-order valence-electron chi connectivity index (χ3n) is 5.23. The summed E-state index contributed by atoms with van der Waals surface area (Å²) < 4.78 is 33.9. The van der Waals surface area contributed by atoms with E-state index >= 15 is 0 Å². The molecule has 0 fully saturated rings. The summed E-state index contributed by atoms with van der Waals surface area (Å²) in [5, 5.41) is 8.74. The minimum atomic E-state index is -4.40. The summed E-state index contributed by atoms with van der Waals surface area (Å²) in [7, 11) is -4.40. The molecule has 4 nitrogen and oxygen atoms in total. The summed E-state index contributed by atoms with van der Waals surface area (Å²) in [5.74, 6) is 0. The second-order valence-corrected chi connectivity index (χ2v) is 9.36. The Morgan fingerprint density at radius 2 is 1.04 bits per heavy atom. The average molecular weight is 431 g/mol. The molecule has 0 aliphatic carbocycles. The third kappa shape index (κ3) is 19.2. The van der Waals surface area contributed by atoms with E-state index in [9.17, 15) is 18.1 Å². The van der Waals surface area contributed by atoms with Crippen molar-refractivity contribution >= 4 is 10.1 Å². The molecule has 0 heterocycles. The molecular weight excluding hydrogens is 387 g/mol. The molecule has 0 aromatic carbocycles. The Morgan fingerprint density at radius 3 is 1.37 bits per heavy atom. The van der Waals surface area contributed by atoms with Crippen LogP contribution < -0.4 is 51.4 Å². The first-order chi connectivity index (χ1) is 12.4. The Balaban J connectivity index is 0. The van der Waals surface area contributed by atoms with Gasteiger partial charge in [-0.25, -0.2) is 8.42 Å². The molecule has 1 N–H and O–H groups in total. The van der Waals surface area contributed by atoms with Crippen LogP contribution in [0.2, 0.25) is 0 Å². The van der Waals surface area contributed by atoms with Crippen LogP contribution in [0.15, 0.2) is 0 Å². The molecule has 0 spiro atoms. The molecule has 2 atom stereocenters. The normalized spacial score (nSPS) is 13.9. The summed E-state index contributed by atoms with van der Waals surface area (Å²) in [5.41, 5.74) is 0. The molecule has 27 heavy (non-hydrogen) atoms. The maximum absolute atomic E-state index is 11.3. The largest absolute Gasteiger partial charge is 1.00 e. The molecule has 0 radical (unpaired) electrons. The Bertz CT molecular complexity index is 401. The molecule has 0 aliphatic heterocycles. The molecule has 0 amide bonds. The van der Waals surface area contributed by atoms with Crippen molar-refractivity contribution < 1.29 is 69.5 Å². The summed E-state index contributed by atoms with van der Waals surface area (Å²) >= 11 is 0. The van der Waals surface area contributed by atoms with E-state index in [4.69, 9.17) is 0 Å². The van der Waals surface area contributed by atoms with Gasteiger partial charge in [-0.15, -0.1) is 0 Å². The molecule has 6 heteroatoms. The fraction of sp³-hybridized carbons (Fsp3) is 1.00. The quantitative estimate of drug-likeness (QED) is 0.194. The van der Waals surface area contributed by atoms with Crippen molar-refractivity contribution in [3.05, 3.63) is 0 Å². The first-order valence-electron chi connectivity index (χ1n) is 11.1. The average Bonchev–Trinajstić information content (AvgIpc) is 2.57. The van der Waals surface area contributed by atoms with E-state index < -0.39 is 21.5 Å². The summed E-state index contributed by atoms with van der Waals surface area (Å²) in [6.45, 7) is 4.13. The van der Waals surface area contributed by atoms with Gasteiger partial charge in [0.1, 0.15) is 10.1 Å². The van der Waals surface area contributed by atoms with E-state index in [1.807, 2.05) is 6.92 Å². The van der Waals surface area contributed by atoms with E-state index in [-0.39, 0.29) is 51.4 Å².